The molecular formula is C20H25NO2. The van der Waals surface area contributed by atoms with Gasteiger partial charge in [-0.2, -0.15) is 0 Å². The number of nitrogens with one attached hydrogen (secondary N) is 1. The molecule has 0 aliphatic carbocycles. The molecule has 2 aromatic rings. The summed E-state index contributed by atoms with van der Waals surface area (Å²) in [7, 11) is 0. The third-order valence-corrected chi connectivity index (χ3v) is 3.83. The van der Waals surface area contributed by atoms with E-state index in [0.717, 1.165) is 11.3 Å². The molecule has 0 fully saturated rings. The average Bonchev–Trinajstić information content (AvgIpc) is 2.51. The largest absolute Gasteiger partial charge is 0.491 e. The predicted octanol–water partition coefficient (Wildman–Crippen LogP) is 4.24. The Kier molecular flexibility index (Phi) is 5.80. The van der Waals surface area contributed by atoms with Gasteiger partial charge >= 0.3 is 0 Å². The van der Waals surface area contributed by atoms with Gasteiger partial charge < -0.3 is 10.1 Å². The molecule has 0 aromatic heterocycles. The van der Waals surface area contributed by atoms with Crippen molar-refractivity contribution in [2.75, 3.05) is 13.2 Å². The van der Waals surface area contributed by atoms with Crippen LogP contribution in [0.1, 0.15) is 46.8 Å². The summed E-state index contributed by atoms with van der Waals surface area (Å²) in [5.41, 5.74) is 4.06. The van der Waals surface area contributed by atoms with E-state index < -0.39 is 0 Å². The number of rotatable bonds is 6. The van der Waals surface area contributed by atoms with Crippen LogP contribution in [0.4, 0.5) is 0 Å². The molecule has 0 atom stereocenters. The molecule has 23 heavy (non-hydrogen) atoms. The lowest BCUT2D eigenvalue weighted by Gasteiger charge is -2.15. The minimum absolute atomic E-state index is 0.0555. The van der Waals surface area contributed by atoms with Crippen LogP contribution in [0, 0.1) is 13.8 Å². The molecule has 2 aromatic carbocycles. The van der Waals surface area contributed by atoms with E-state index in [9.17, 15) is 4.79 Å². The standard InChI is InChI=1S/C20H25NO2/c1-14(2)17-10-9-15(3)13-19(17)23-12-11-21-20(22)18-8-6-5-7-16(18)4/h5-10,13-14H,11-12H2,1-4H3,(H,21,22). The van der Waals surface area contributed by atoms with Crippen molar-refractivity contribution in [2.45, 2.75) is 33.6 Å². The van der Waals surface area contributed by atoms with Crippen molar-refractivity contribution in [2.24, 2.45) is 0 Å². The summed E-state index contributed by atoms with van der Waals surface area (Å²) < 4.78 is 5.88. The van der Waals surface area contributed by atoms with Gasteiger partial charge in [-0.15, -0.1) is 0 Å². The summed E-state index contributed by atoms with van der Waals surface area (Å²) in [6.07, 6.45) is 0. The number of aryl methyl sites for hydroxylation is 2. The fraction of sp³-hybridized carbons (Fsp3) is 0.350. The van der Waals surface area contributed by atoms with Crippen LogP contribution < -0.4 is 10.1 Å². The lowest BCUT2D eigenvalue weighted by molar-refractivity contribution is 0.0946. The van der Waals surface area contributed by atoms with Gasteiger partial charge in [0.2, 0.25) is 0 Å². The van der Waals surface area contributed by atoms with Gasteiger partial charge in [-0.05, 0) is 48.6 Å². The van der Waals surface area contributed by atoms with E-state index in [4.69, 9.17) is 4.74 Å². The number of hydrogen-bond acceptors (Lipinski definition) is 2. The third-order valence-electron chi connectivity index (χ3n) is 3.83. The van der Waals surface area contributed by atoms with Crippen molar-refractivity contribution < 1.29 is 9.53 Å². The van der Waals surface area contributed by atoms with Gasteiger partial charge in [0, 0.05) is 5.56 Å². The Morgan fingerprint density at radius 1 is 1.13 bits per heavy atom. The second kappa shape index (κ2) is 7.82. The Hall–Kier alpha value is -2.29. The summed E-state index contributed by atoms with van der Waals surface area (Å²) in [5, 5.41) is 2.91. The highest BCUT2D eigenvalue weighted by molar-refractivity contribution is 5.95. The van der Waals surface area contributed by atoms with Crippen LogP contribution in [0.5, 0.6) is 5.75 Å². The first kappa shape index (κ1) is 17.1. The van der Waals surface area contributed by atoms with Crippen LogP contribution in [-0.4, -0.2) is 19.1 Å². The first-order valence-corrected chi connectivity index (χ1v) is 8.06. The zero-order valence-corrected chi connectivity index (χ0v) is 14.3. The zero-order valence-electron chi connectivity index (χ0n) is 14.3. The number of carbonyl (C=O) groups is 1. The summed E-state index contributed by atoms with van der Waals surface area (Å²) in [4.78, 5) is 12.1. The number of carbonyl (C=O) groups excluding carboxylic acids is 1. The molecular weight excluding hydrogens is 286 g/mol. The molecule has 1 N–H and O–H groups in total. The first-order valence-electron chi connectivity index (χ1n) is 8.06. The summed E-state index contributed by atoms with van der Waals surface area (Å²) in [6, 6.07) is 13.8. The van der Waals surface area contributed by atoms with Gasteiger partial charge in [0.15, 0.2) is 0 Å². The lowest BCUT2D eigenvalue weighted by atomic mass is 10.0. The van der Waals surface area contributed by atoms with E-state index in [1.807, 2.05) is 31.2 Å². The van der Waals surface area contributed by atoms with Gasteiger partial charge in [-0.1, -0.05) is 44.2 Å². The number of amides is 1. The van der Waals surface area contributed by atoms with Crippen molar-refractivity contribution in [1.82, 2.24) is 5.32 Å². The molecule has 1 amide bonds. The molecule has 0 saturated heterocycles. The summed E-state index contributed by atoms with van der Waals surface area (Å²) >= 11 is 0. The third kappa shape index (κ3) is 4.59. The smallest absolute Gasteiger partial charge is 0.251 e. The molecule has 0 aliphatic rings. The van der Waals surface area contributed by atoms with Crippen molar-refractivity contribution >= 4 is 5.91 Å². The molecule has 0 bridgehead atoms. The molecule has 0 heterocycles. The topological polar surface area (TPSA) is 38.3 Å². The van der Waals surface area contributed by atoms with Crippen LogP contribution in [0.15, 0.2) is 42.5 Å². The second-order valence-electron chi connectivity index (χ2n) is 6.12. The normalized spacial score (nSPS) is 10.7. The van der Waals surface area contributed by atoms with E-state index in [2.05, 4.69) is 44.3 Å². The van der Waals surface area contributed by atoms with Crippen LogP contribution in [-0.2, 0) is 0 Å². The van der Waals surface area contributed by atoms with E-state index in [-0.39, 0.29) is 5.91 Å². The van der Waals surface area contributed by atoms with Crippen LogP contribution in [0.25, 0.3) is 0 Å². The second-order valence-corrected chi connectivity index (χ2v) is 6.12. The highest BCUT2D eigenvalue weighted by Crippen LogP contribution is 2.27. The molecule has 3 nitrogen and oxygen atoms in total. The quantitative estimate of drug-likeness (QED) is 0.811. The van der Waals surface area contributed by atoms with Crippen molar-refractivity contribution in [1.29, 1.82) is 0 Å². The maximum Gasteiger partial charge on any atom is 0.251 e. The van der Waals surface area contributed by atoms with Crippen molar-refractivity contribution in [3.63, 3.8) is 0 Å². The number of hydrogen-bond donors (Lipinski definition) is 1. The maximum absolute atomic E-state index is 12.1. The molecule has 3 heteroatoms. The van der Waals surface area contributed by atoms with E-state index in [1.54, 1.807) is 0 Å². The lowest BCUT2D eigenvalue weighted by Crippen LogP contribution is -2.28. The van der Waals surface area contributed by atoms with Crippen molar-refractivity contribution in [3.8, 4) is 5.75 Å². The predicted molar refractivity (Wildman–Crippen MR) is 94.3 cm³/mol. The number of benzene rings is 2. The number of ether oxygens (including phenoxy) is 1. The first-order chi connectivity index (χ1) is 11.0. The molecule has 0 saturated carbocycles. The summed E-state index contributed by atoms with van der Waals surface area (Å²) in [6.45, 7) is 9.23. The van der Waals surface area contributed by atoms with Crippen LogP contribution >= 0.6 is 0 Å². The highest BCUT2D eigenvalue weighted by atomic mass is 16.5. The van der Waals surface area contributed by atoms with Crippen LogP contribution in [0.2, 0.25) is 0 Å². The van der Waals surface area contributed by atoms with E-state index >= 15 is 0 Å². The Labute approximate surface area is 138 Å². The average molecular weight is 311 g/mol. The summed E-state index contributed by atoms with van der Waals surface area (Å²) in [5.74, 6) is 1.26. The Bertz CT molecular complexity index is 677. The Morgan fingerprint density at radius 2 is 1.87 bits per heavy atom. The Balaban J connectivity index is 1.90. The van der Waals surface area contributed by atoms with Crippen molar-refractivity contribution in [3.05, 3.63) is 64.7 Å². The minimum atomic E-state index is -0.0555. The van der Waals surface area contributed by atoms with Gasteiger partial charge in [0.05, 0.1) is 6.54 Å². The molecule has 0 spiro atoms. The minimum Gasteiger partial charge on any atom is -0.491 e. The van der Waals surface area contributed by atoms with Gasteiger partial charge in [0.1, 0.15) is 12.4 Å². The van der Waals surface area contributed by atoms with E-state index in [0.29, 0.717) is 24.6 Å². The SMILES string of the molecule is Cc1ccc(C(C)C)c(OCCNC(=O)c2ccccc2C)c1. The Morgan fingerprint density at radius 3 is 2.57 bits per heavy atom. The van der Waals surface area contributed by atoms with Crippen LogP contribution in [0.3, 0.4) is 0 Å². The van der Waals surface area contributed by atoms with Gasteiger partial charge in [-0.3, -0.25) is 4.79 Å². The molecule has 0 aliphatic heterocycles. The molecule has 0 unspecified atom stereocenters. The maximum atomic E-state index is 12.1. The molecule has 122 valence electrons. The zero-order chi connectivity index (χ0) is 16.8. The van der Waals surface area contributed by atoms with E-state index in [1.165, 1.54) is 11.1 Å². The van der Waals surface area contributed by atoms with Gasteiger partial charge in [-0.25, -0.2) is 0 Å². The van der Waals surface area contributed by atoms with Gasteiger partial charge in [0.25, 0.3) is 5.91 Å². The fourth-order valence-electron chi connectivity index (χ4n) is 2.49. The highest BCUT2D eigenvalue weighted by Gasteiger charge is 2.09. The fourth-order valence-corrected chi connectivity index (χ4v) is 2.49. The monoisotopic (exact) mass is 311 g/mol. The molecule has 0 radical (unpaired) electrons. The molecule has 2 rings (SSSR count).